The number of hydrogen-bond acceptors (Lipinski definition) is 3. The van der Waals surface area contributed by atoms with Crippen LogP contribution in [-0.2, 0) is 5.41 Å². The molecule has 5 nitrogen and oxygen atoms in total. The molecule has 0 unspecified atom stereocenters. The van der Waals surface area contributed by atoms with Crippen molar-refractivity contribution < 1.29 is 4.79 Å². The molecule has 0 saturated heterocycles. The lowest BCUT2D eigenvalue weighted by Gasteiger charge is -2.43. The number of imidazole rings is 1. The van der Waals surface area contributed by atoms with Crippen molar-refractivity contribution in [3.8, 4) is 0 Å². The van der Waals surface area contributed by atoms with Crippen molar-refractivity contribution in [3.63, 3.8) is 0 Å². The number of pyridine rings is 1. The zero-order valence-corrected chi connectivity index (χ0v) is 15.4. The minimum Gasteiger partial charge on any atom is -0.384 e. The predicted molar refractivity (Wildman–Crippen MR) is 104 cm³/mol. The fourth-order valence-corrected chi connectivity index (χ4v) is 3.84. The average molecular weight is 369 g/mol. The Morgan fingerprint density at radius 2 is 2.15 bits per heavy atom. The van der Waals surface area contributed by atoms with Gasteiger partial charge in [-0.05, 0) is 36.6 Å². The predicted octanol–water partition coefficient (Wildman–Crippen LogP) is 3.88. The van der Waals surface area contributed by atoms with Gasteiger partial charge in [-0.1, -0.05) is 30.2 Å². The van der Waals surface area contributed by atoms with Crippen LogP contribution in [0.15, 0.2) is 48.8 Å². The molecule has 2 heterocycles. The number of nitrogens with zero attached hydrogens (tertiary/aromatic N) is 2. The van der Waals surface area contributed by atoms with Crippen molar-refractivity contribution in [2.75, 3.05) is 18.9 Å². The summed E-state index contributed by atoms with van der Waals surface area (Å²) in [6, 6.07) is 12.1. The maximum atomic E-state index is 11.9. The van der Waals surface area contributed by atoms with Crippen molar-refractivity contribution in [1.29, 1.82) is 0 Å². The van der Waals surface area contributed by atoms with E-state index in [9.17, 15) is 4.79 Å². The minimum atomic E-state index is -0.146. The first-order valence-electron chi connectivity index (χ1n) is 8.80. The maximum absolute atomic E-state index is 11.9. The highest BCUT2D eigenvalue weighted by Crippen LogP contribution is 2.44. The lowest BCUT2D eigenvalue weighted by atomic mass is 9.64. The van der Waals surface area contributed by atoms with E-state index in [0.29, 0.717) is 5.69 Å². The monoisotopic (exact) mass is 368 g/mol. The summed E-state index contributed by atoms with van der Waals surface area (Å²) in [6.07, 6.45) is 7.03. The molecule has 0 atom stereocenters. The molecule has 1 amide bonds. The number of anilines is 1. The van der Waals surface area contributed by atoms with Crippen LogP contribution in [0.5, 0.6) is 0 Å². The molecule has 3 aromatic rings. The quantitative estimate of drug-likeness (QED) is 0.718. The van der Waals surface area contributed by atoms with E-state index in [2.05, 4.69) is 27.8 Å². The van der Waals surface area contributed by atoms with Gasteiger partial charge >= 0.3 is 0 Å². The molecule has 0 aliphatic heterocycles. The van der Waals surface area contributed by atoms with E-state index in [1.807, 2.05) is 30.5 Å². The molecule has 0 spiro atoms. The summed E-state index contributed by atoms with van der Waals surface area (Å²) in [7, 11) is 1.62. The second kappa shape index (κ2) is 6.65. The van der Waals surface area contributed by atoms with Crippen LogP contribution in [0.2, 0.25) is 5.02 Å². The second-order valence-electron chi connectivity index (χ2n) is 6.86. The zero-order chi connectivity index (χ0) is 18.1. The molecule has 1 aliphatic carbocycles. The Kier molecular flexibility index (Phi) is 4.32. The molecule has 2 aromatic heterocycles. The summed E-state index contributed by atoms with van der Waals surface area (Å²) >= 11 is 6.19. The van der Waals surface area contributed by atoms with Crippen LogP contribution in [0.1, 0.15) is 35.3 Å². The van der Waals surface area contributed by atoms with Crippen LogP contribution in [0.4, 0.5) is 5.69 Å². The van der Waals surface area contributed by atoms with Crippen molar-refractivity contribution in [2.45, 2.75) is 24.7 Å². The van der Waals surface area contributed by atoms with Crippen molar-refractivity contribution >= 4 is 28.8 Å². The zero-order valence-electron chi connectivity index (χ0n) is 14.6. The number of rotatable bonds is 5. The van der Waals surface area contributed by atoms with Crippen LogP contribution < -0.4 is 10.6 Å². The Morgan fingerprint density at radius 1 is 1.31 bits per heavy atom. The first-order chi connectivity index (χ1) is 12.6. The van der Waals surface area contributed by atoms with Crippen LogP contribution in [0.3, 0.4) is 0 Å². The van der Waals surface area contributed by atoms with E-state index in [0.717, 1.165) is 35.7 Å². The number of benzene rings is 1. The topological polar surface area (TPSA) is 58.4 Å². The highest BCUT2D eigenvalue weighted by Gasteiger charge is 2.38. The molecular weight excluding hydrogens is 348 g/mol. The lowest BCUT2D eigenvalue weighted by Crippen LogP contribution is -2.40. The van der Waals surface area contributed by atoms with Crippen LogP contribution in [0, 0.1) is 0 Å². The standard InChI is InChI=1S/C20H21ClN4O/c1-22-19(26)17-12-23-18-11-16(6-9-25(17)18)24-13-20(7-3-8-20)14-4-2-5-15(21)10-14/h2,4-6,9-12,24H,3,7-8,13H2,1H3,(H,22,26). The molecule has 1 fully saturated rings. The van der Waals surface area contributed by atoms with E-state index in [-0.39, 0.29) is 11.3 Å². The molecule has 0 bridgehead atoms. The Morgan fingerprint density at radius 3 is 2.85 bits per heavy atom. The van der Waals surface area contributed by atoms with Crippen molar-refractivity contribution in [3.05, 3.63) is 65.1 Å². The van der Waals surface area contributed by atoms with E-state index in [1.54, 1.807) is 17.6 Å². The Hall–Kier alpha value is -2.53. The van der Waals surface area contributed by atoms with E-state index in [1.165, 1.54) is 12.0 Å². The van der Waals surface area contributed by atoms with Gasteiger partial charge in [-0.25, -0.2) is 4.98 Å². The molecule has 1 aromatic carbocycles. The number of fused-ring (bicyclic) bond motifs is 1. The third kappa shape index (κ3) is 2.92. The lowest BCUT2D eigenvalue weighted by molar-refractivity contribution is 0.0957. The van der Waals surface area contributed by atoms with Gasteiger partial charge in [0.15, 0.2) is 0 Å². The third-order valence-electron chi connectivity index (χ3n) is 5.35. The Balaban J connectivity index is 1.55. The van der Waals surface area contributed by atoms with Crippen LogP contribution in [0.25, 0.3) is 5.65 Å². The minimum absolute atomic E-state index is 0.139. The fraction of sp³-hybridized carbons (Fsp3) is 0.300. The maximum Gasteiger partial charge on any atom is 0.269 e. The van der Waals surface area contributed by atoms with Crippen LogP contribution >= 0.6 is 11.6 Å². The number of nitrogens with one attached hydrogen (secondary N) is 2. The Bertz CT molecular complexity index is 961. The molecule has 26 heavy (non-hydrogen) atoms. The number of carbonyl (C=O) groups excluding carboxylic acids is 1. The summed E-state index contributed by atoms with van der Waals surface area (Å²) in [5.41, 5.74) is 3.72. The number of aromatic nitrogens is 2. The smallest absolute Gasteiger partial charge is 0.269 e. The number of amides is 1. The van der Waals surface area contributed by atoms with Gasteiger partial charge in [-0.2, -0.15) is 0 Å². The SMILES string of the molecule is CNC(=O)c1cnc2cc(NCC3(c4cccc(Cl)c4)CCC3)ccn12. The van der Waals surface area contributed by atoms with Gasteiger partial charge < -0.3 is 10.6 Å². The van der Waals surface area contributed by atoms with Gasteiger partial charge in [0.05, 0.1) is 6.20 Å². The second-order valence-corrected chi connectivity index (χ2v) is 7.30. The summed E-state index contributed by atoms with van der Waals surface area (Å²) < 4.78 is 1.79. The van der Waals surface area contributed by atoms with Crippen molar-refractivity contribution in [2.24, 2.45) is 0 Å². The first-order valence-corrected chi connectivity index (χ1v) is 9.18. The summed E-state index contributed by atoms with van der Waals surface area (Å²) in [6.45, 7) is 0.854. The molecule has 134 valence electrons. The van der Waals surface area contributed by atoms with Gasteiger partial charge in [0, 0.05) is 42.0 Å². The molecule has 0 radical (unpaired) electrons. The van der Waals surface area contributed by atoms with Gasteiger partial charge in [0.25, 0.3) is 5.91 Å². The molecule has 6 heteroatoms. The van der Waals surface area contributed by atoms with Gasteiger partial charge in [-0.3, -0.25) is 9.20 Å². The average Bonchev–Trinajstić information content (AvgIpc) is 3.03. The molecule has 1 saturated carbocycles. The van der Waals surface area contributed by atoms with Gasteiger partial charge in [-0.15, -0.1) is 0 Å². The van der Waals surface area contributed by atoms with Gasteiger partial charge in [0.2, 0.25) is 0 Å². The van der Waals surface area contributed by atoms with Crippen LogP contribution in [-0.4, -0.2) is 28.9 Å². The number of carbonyl (C=O) groups is 1. The largest absolute Gasteiger partial charge is 0.384 e. The molecular formula is C20H21ClN4O. The molecule has 2 N–H and O–H groups in total. The van der Waals surface area contributed by atoms with Crippen molar-refractivity contribution in [1.82, 2.24) is 14.7 Å². The number of hydrogen-bond donors (Lipinski definition) is 2. The number of halogens is 1. The third-order valence-corrected chi connectivity index (χ3v) is 5.59. The summed E-state index contributed by atoms with van der Waals surface area (Å²) in [5, 5.41) is 6.97. The van der Waals surface area contributed by atoms with E-state index >= 15 is 0 Å². The highest BCUT2D eigenvalue weighted by molar-refractivity contribution is 6.30. The molecule has 4 rings (SSSR count). The first kappa shape index (κ1) is 16.9. The summed E-state index contributed by atoms with van der Waals surface area (Å²) in [4.78, 5) is 16.2. The normalized spacial score (nSPS) is 15.5. The summed E-state index contributed by atoms with van der Waals surface area (Å²) in [5.74, 6) is -0.146. The van der Waals surface area contributed by atoms with E-state index < -0.39 is 0 Å². The fourth-order valence-electron chi connectivity index (χ4n) is 3.65. The van der Waals surface area contributed by atoms with E-state index in [4.69, 9.17) is 11.6 Å². The highest BCUT2D eigenvalue weighted by atomic mass is 35.5. The van der Waals surface area contributed by atoms with Gasteiger partial charge in [0.1, 0.15) is 11.3 Å². The molecule has 1 aliphatic rings. The Labute approximate surface area is 157 Å².